The quantitative estimate of drug-likeness (QED) is 0.359. The van der Waals surface area contributed by atoms with Gasteiger partial charge in [-0.3, -0.25) is 9.59 Å². The van der Waals surface area contributed by atoms with Crippen LogP contribution in [0.5, 0.6) is 0 Å². The zero-order valence-corrected chi connectivity index (χ0v) is 20.6. The number of carbonyl (C=O) groups is 3. The summed E-state index contributed by atoms with van der Waals surface area (Å²) in [6, 6.07) is 0. The van der Waals surface area contributed by atoms with Crippen molar-refractivity contribution < 1.29 is 29.0 Å². The van der Waals surface area contributed by atoms with Gasteiger partial charge in [-0.1, -0.05) is 26.0 Å². The lowest BCUT2D eigenvalue weighted by molar-refractivity contribution is -0.224. The van der Waals surface area contributed by atoms with E-state index in [2.05, 4.69) is 13.5 Å². The third-order valence-corrected chi connectivity index (χ3v) is 10.0. The molecule has 4 rings (SSSR count). The molecule has 1 N–H and O–H groups in total. The average Bonchev–Trinajstić information content (AvgIpc) is 2.86. The number of carboxylic acids is 1. The van der Waals surface area contributed by atoms with Crippen LogP contribution in [0, 0.1) is 34.0 Å². The van der Waals surface area contributed by atoms with Crippen LogP contribution in [-0.4, -0.2) is 35.2 Å². The van der Waals surface area contributed by atoms with Gasteiger partial charge >= 0.3 is 17.9 Å². The summed E-state index contributed by atoms with van der Waals surface area (Å²) in [5, 5.41) is 10.2. The molecule has 4 aliphatic carbocycles. The van der Waals surface area contributed by atoms with E-state index in [1.807, 2.05) is 13.8 Å². The molecule has 0 radical (unpaired) electrons. The Labute approximate surface area is 196 Å². The molecule has 2 bridgehead atoms. The highest BCUT2D eigenvalue weighted by Gasteiger charge is 2.73. The molecule has 0 aromatic carbocycles. The van der Waals surface area contributed by atoms with E-state index in [0.717, 1.165) is 31.3 Å². The number of hydrogen-bond acceptors (Lipinski definition) is 5. The molecule has 4 aliphatic rings. The molecule has 0 amide bonds. The largest absolute Gasteiger partial charge is 0.481 e. The molecule has 6 nitrogen and oxygen atoms in total. The summed E-state index contributed by atoms with van der Waals surface area (Å²) in [5.41, 5.74) is -0.182. The van der Waals surface area contributed by atoms with Crippen LogP contribution < -0.4 is 0 Å². The summed E-state index contributed by atoms with van der Waals surface area (Å²) in [6.45, 7) is 13.5. The molecule has 0 unspecified atom stereocenters. The van der Waals surface area contributed by atoms with E-state index < -0.39 is 22.9 Å². The SMILES string of the molecule is C=C1[C@@H]2CC[C@@H]3[C@]4(C)CCC[C@@](C)(C(=O)O)[C@@H]4CC[C@@]3([C@H]1OC(=O)/C(C)=C\C)[C@H]2OC(C)=O. The number of carbonyl (C=O) groups excluding carboxylic acids is 2. The molecular weight excluding hydrogens is 420 g/mol. The number of carboxylic acid groups (broad SMARTS) is 1. The first kappa shape index (κ1) is 24.0. The number of hydrogen-bond donors (Lipinski definition) is 1. The van der Waals surface area contributed by atoms with E-state index in [1.165, 1.54) is 6.92 Å². The van der Waals surface area contributed by atoms with E-state index >= 15 is 0 Å². The second-order valence-corrected chi connectivity index (χ2v) is 11.4. The summed E-state index contributed by atoms with van der Waals surface area (Å²) < 4.78 is 12.2. The minimum Gasteiger partial charge on any atom is -0.481 e. The summed E-state index contributed by atoms with van der Waals surface area (Å²) in [5.74, 6) is -1.33. The van der Waals surface area contributed by atoms with Gasteiger partial charge in [0, 0.05) is 18.4 Å². The van der Waals surface area contributed by atoms with Crippen molar-refractivity contribution in [3.05, 3.63) is 23.8 Å². The lowest BCUT2D eigenvalue weighted by atomic mass is 9.40. The molecule has 182 valence electrons. The third kappa shape index (κ3) is 3.23. The summed E-state index contributed by atoms with van der Waals surface area (Å²) >= 11 is 0. The van der Waals surface area contributed by atoms with E-state index in [-0.39, 0.29) is 41.2 Å². The van der Waals surface area contributed by atoms with Crippen LogP contribution in [0.3, 0.4) is 0 Å². The van der Waals surface area contributed by atoms with Gasteiger partial charge in [0.05, 0.1) is 10.8 Å². The van der Waals surface area contributed by atoms with Crippen LogP contribution in [0.2, 0.25) is 0 Å². The van der Waals surface area contributed by atoms with Crippen LogP contribution in [-0.2, 0) is 23.9 Å². The predicted molar refractivity (Wildman–Crippen MR) is 123 cm³/mol. The Hall–Kier alpha value is -2.11. The molecule has 4 fully saturated rings. The first-order chi connectivity index (χ1) is 15.4. The number of rotatable bonds is 4. The molecule has 1 spiro atoms. The van der Waals surface area contributed by atoms with Crippen molar-refractivity contribution >= 4 is 17.9 Å². The number of ether oxygens (including phenoxy) is 2. The smallest absolute Gasteiger partial charge is 0.333 e. The van der Waals surface area contributed by atoms with E-state index in [1.54, 1.807) is 13.0 Å². The minimum absolute atomic E-state index is 0.0314. The number of esters is 2. The lowest BCUT2D eigenvalue weighted by Crippen LogP contribution is -2.64. The fourth-order valence-corrected chi connectivity index (χ4v) is 8.48. The van der Waals surface area contributed by atoms with Crippen molar-refractivity contribution in [2.45, 2.75) is 91.8 Å². The topological polar surface area (TPSA) is 89.9 Å². The van der Waals surface area contributed by atoms with Crippen molar-refractivity contribution in [2.24, 2.45) is 34.0 Å². The van der Waals surface area contributed by atoms with Gasteiger partial charge in [0.1, 0.15) is 12.2 Å². The van der Waals surface area contributed by atoms with Crippen LogP contribution >= 0.6 is 0 Å². The van der Waals surface area contributed by atoms with Crippen LogP contribution in [0.15, 0.2) is 23.8 Å². The minimum atomic E-state index is -0.772. The molecule has 0 heterocycles. The van der Waals surface area contributed by atoms with Gasteiger partial charge in [-0.2, -0.15) is 0 Å². The molecule has 0 aromatic heterocycles. The fraction of sp³-hybridized carbons (Fsp3) is 0.741. The van der Waals surface area contributed by atoms with Gasteiger partial charge in [-0.05, 0) is 82.1 Å². The third-order valence-electron chi connectivity index (χ3n) is 10.0. The Morgan fingerprint density at radius 1 is 1.03 bits per heavy atom. The van der Waals surface area contributed by atoms with Crippen molar-refractivity contribution in [3.8, 4) is 0 Å². The number of allylic oxidation sites excluding steroid dienone is 1. The fourth-order valence-electron chi connectivity index (χ4n) is 8.48. The molecule has 4 saturated carbocycles. The molecule has 0 aromatic rings. The standard InChI is InChI=1S/C27H38O6/c1-7-15(2)23(29)33-21-16(3)18-9-10-20-25(5)12-8-13-26(6,24(30)31)19(25)11-14-27(20,21)22(18)32-17(4)28/h7,18-22H,3,8-14H2,1-2,4-6H3,(H,30,31)/b15-7-/t18-,19+,20+,21-,22-,25+,26+,27+/m0/s1. The van der Waals surface area contributed by atoms with Crippen molar-refractivity contribution in [3.63, 3.8) is 0 Å². The predicted octanol–water partition coefficient (Wildman–Crippen LogP) is 5.07. The zero-order valence-electron chi connectivity index (χ0n) is 20.6. The average molecular weight is 459 g/mol. The van der Waals surface area contributed by atoms with Gasteiger partial charge in [0.25, 0.3) is 0 Å². The molecule has 33 heavy (non-hydrogen) atoms. The van der Waals surface area contributed by atoms with E-state index in [0.29, 0.717) is 24.8 Å². The highest BCUT2D eigenvalue weighted by Crippen LogP contribution is 2.73. The summed E-state index contributed by atoms with van der Waals surface area (Å²) in [7, 11) is 0. The monoisotopic (exact) mass is 458 g/mol. The number of fused-ring (bicyclic) bond motifs is 3. The van der Waals surface area contributed by atoms with Crippen LogP contribution in [0.1, 0.15) is 79.6 Å². The Kier molecular flexibility index (Phi) is 5.82. The van der Waals surface area contributed by atoms with Crippen molar-refractivity contribution in [1.29, 1.82) is 0 Å². The second kappa shape index (κ2) is 7.99. The van der Waals surface area contributed by atoms with E-state index in [9.17, 15) is 19.5 Å². The summed E-state index contributed by atoms with van der Waals surface area (Å²) in [6.07, 6.45) is 6.39. The second-order valence-electron chi connectivity index (χ2n) is 11.4. The molecule has 8 atom stereocenters. The maximum absolute atomic E-state index is 12.9. The lowest BCUT2D eigenvalue weighted by Gasteiger charge is -2.64. The first-order valence-corrected chi connectivity index (χ1v) is 12.4. The number of aliphatic carboxylic acids is 1. The molecule has 0 saturated heterocycles. The van der Waals surface area contributed by atoms with Crippen LogP contribution in [0.25, 0.3) is 0 Å². The first-order valence-electron chi connectivity index (χ1n) is 12.4. The van der Waals surface area contributed by atoms with Gasteiger partial charge in [0.2, 0.25) is 0 Å². The normalized spacial score (nSPS) is 44.5. The highest BCUT2D eigenvalue weighted by molar-refractivity contribution is 5.88. The van der Waals surface area contributed by atoms with Gasteiger partial charge in [0.15, 0.2) is 0 Å². The van der Waals surface area contributed by atoms with Gasteiger partial charge in [-0.25, -0.2) is 4.79 Å². The van der Waals surface area contributed by atoms with Crippen LogP contribution in [0.4, 0.5) is 0 Å². The highest BCUT2D eigenvalue weighted by atomic mass is 16.6. The van der Waals surface area contributed by atoms with Crippen molar-refractivity contribution in [1.82, 2.24) is 0 Å². The van der Waals surface area contributed by atoms with E-state index in [4.69, 9.17) is 9.47 Å². The van der Waals surface area contributed by atoms with Gasteiger partial charge < -0.3 is 14.6 Å². The Morgan fingerprint density at radius 2 is 1.73 bits per heavy atom. The Balaban J connectivity index is 1.83. The maximum Gasteiger partial charge on any atom is 0.333 e. The Morgan fingerprint density at radius 3 is 2.33 bits per heavy atom. The molecule has 6 heteroatoms. The molecular formula is C27H38O6. The van der Waals surface area contributed by atoms with Gasteiger partial charge in [-0.15, -0.1) is 0 Å². The molecule has 0 aliphatic heterocycles. The maximum atomic E-state index is 12.9. The summed E-state index contributed by atoms with van der Waals surface area (Å²) in [4.78, 5) is 37.5. The Bertz CT molecular complexity index is 920. The van der Waals surface area contributed by atoms with Crippen molar-refractivity contribution in [2.75, 3.05) is 0 Å². The zero-order chi connectivity index (χ0) is 24.3.